The number of alkyl halides is 3. The highest BCUT2D eigenvalue weighted by molar-refractivity contribution is 7.80. The molecular weight excluding hydrogens is 818 g/mol. The molecule has 4 aliphatic rings. The number of aryl methyl sites for hydroxylation is 1. The highest BCUT2D eigenvalue weighted by Crippen LogP contribution is 2.40. The summed E-state index contributed by atoms with van der Waals surface area (Å²) in [6, 6.07) is 7.11. The van der Waals surface area contributed by atoms with E-state index in [0.29, 0.717) is 61.3 Å². The number of anilines is 3. The number of amides is 5. The van der Waals surface area contributed by atoms with E-state index >= 15 is 0 Å². The Labute approximate surface area is 356 Å². The Morgan fingerprint density at radius 1 is 1.07 bits per heavy atom. The first-order valence-electron chi connectivity index (χ1n) is 20.4. The lowest BCUT2D eigenvalue weighted by Crippen LogP contribution is -2.51. The number of urea groups is 1. The molecule has 2 N–H and O–H groups in total. The van der Waals surface area contributed by atoms with Gasteiger partial charge in [-0.25, -0.2) is 9.78 Å². The van der Waals surface area contributed by atoms with Crippen LogP contribution in [0.25, 0.3) is 10.9 Å². The summed E-state index contributed by atoms with van der Waals surface area (Å²) in [6.45, 7) is 8.76. The van der Waals surface area contributed by atoms with Crippen LogP contribution in [0.4, 0.5) is 35.2 Å². The van der Waals surface area contributed by atoms with E-state index in [1.807, 2.05) is 11.0 Å². The number of nitrogens with zero attached hydrogens (tertiary/aromatic N) is 8. The number of imide groups is 1. The van der Waals surface area contributed by atoms with Crippen LogP contribution in [-0.4, -0.2) is 116 Å². The van der Waals surface area contributed by atoms with Crippen LogP contribution in [0.1, 0.15) is 83.9 Å². The van der Waals surface area contributed by atoms with Gasteiger partial charge in [-0.05, 0) is 96.6 Å². The molecule has 0 unspecified atom stereocenters. The number of benzene rings is 1. The number of nitrogens with one attached hydrogen (secondary N) is 2. The number of piperidine rings is 1. The zero-order chi connectivity index (χ0) is 44.0. The Balaban J connectivity index is 0.861. The molecule has 326 valence electrons. The Hall–Kier alpha value is -5.23. The van der Waals surface area contributed by atoms with Gasteiger partial charge >= 0.3 is 12.2 Å². The monoisotopic (exact) mass is 866 g/mol. The number of hydrogen-bond donors (Lipinski definition) is 2. The molecule has 7 rings (SSSR count). The van der Waals surface area contributed by atoms with Gasteiger partial charge in [0.05, 0.1) is 60.6 Å². The average molecular weight is 867 g/mol. The summed E-state index contributed by atoms with van der Waals surface area (Å²) in [7, 11) is 1.74. The van der Waals surface area contributed by atoms with E-state index in [9.17, 15) is 32.3 Å². The van der Waals surface area contributed by atoms with Crippen molar-refractivity contribution in [3.63, 3.8) is 0 Å². The number of para-hydroxylation sites is 1. The fourth-order valence-corrected chi connectivity index (χ4v) is 9.75. The summed E-state index contributed by atoms with van der Waals surface area (Å²) in [5.41, 5.74) is -2.01. The Morgan fingerprint density at radius 3 is 2.38 bits per heavy atom. The number of fused-ring (bicyclic) bond motifs is 1. The molecule has 5 amide bonds. The largest absolute Gasteiger partial charge is 0.419 e. The first-order valence-corrected chi connectivity index (χ1v) is 20.8. The van der Waals surface area contributed by atoms with Crippen LogP contribution in [0.2, 0.25) is 0 Å². The maximum absolute atomic E-state index is 13.7. The van der Waals surface area contributed by atoms with Gasteiger partial charge in [-0.15, -0.1) is 0 Å². The van der Waals surface area contributed by atoms with Gasteiger partial charge in [0.1, 0.15) is 11.6 Å². The molecule has 1 saturated carbocycles. The van der Waals surface area contributed by atoms with E-state index in [1.54, 1.807) is 37.7 Å². The van der Waals surface area contributed by atoms with E-state index < -0.39 is 34.9 Å². The number of halogens is 3. The Bertz CT molecular complexity index is 2260. The Kier molecular flexibility index (Phi) is 12.4. The summed E-state index contributed by atoms with van der Waals surface area (Å²) in [4.78, 5) is 61.4. The standard InChI is InChI=1S/C41H49F3N10O6S/c1-23-17-28(18-24(2)52(23)22-34(56)47-31-8-6-7-29-35(31)50(5)49-36(29)51-14-13-33(55)48-38(51)58)60-16-15-59-27-11-9-25(10-12-27)54-39(61)53(37(57)40(54,3)4)26-19-30(41(42,43)44)32(20-45)46-21-26/h6-8,19,21,23-25,27-28H,9-18,22H2,1-5H3,(H,47,56)(H,48,55,58)/t23-,24+,25-,27-,28+. The summed E-state index contributed by atoms with van der Waals surface area (Å²) in [5, 5.41) is 19.9. The predicted octanol–water partition coefficient (Wildman–Crippen LogP) is 5.24. The molecule has 1 aromatic carbocycles. The normalized spacial score (nSPS) is 25.0. The molecule has 3 aliphatic heterocycles. The van der Waals surface area contributed by atoms with Crippen molar-refractivity contribution in [1.82, 2.24) is 29.9 Å². The van der Waals surface area contributed by atoms with E-state index in [2.05, 4.69) is 39.5 Å². The number of ether oxygens (including phenoxy) is 2. The number of nitriles is 1. The van der Waals surface area contributed by atoms with Crippen LogP contribution < -0.4 is 20.4 Å². The van der Waals surface area contributed by atoms with Crippen molar-refractivity contribution < 1.29 is 41.8 Å². The van der Waals surface area contributed by atoms with Crippen LogP contribution in [0.5, 0.6) is 0 Å². The van der Waals surface area contributed by atoms with Crippen LogP contribution in [0.15, 0.2) is 30.5 Å². The molecule has 0 radical (unpaired) electrons. The smallest absolute Gasteiger partial charge is 0.376 e. The summed E-state index contributed by atoms with van der Waals surface area (Å²) in [6.07, 6.45) is 0.574. The molecule has 0 spiro atoms. The molecule has 3 saturated heterocycles. The second kappa shape index (κ2) is 17.3. The molecule has 3 atom stereocenters. The van der Waals surface area contributed by atoms with Crippen LogP contribution in [-0.2, 0) is 37.1 Å². The number of rotatable bonds is 11. The van der Waals surface area contributed by atoms with E-state index in [1.165, 1.54) is 11.0 Å². The number of pyridine rings is 1. The molecule has 61 heavy (non-hydrogen) atoms. The van der Waals surface area contributed by atoms with E-state index in [0.717, 1.165) is 30.0 Å². The number of hydrogen-bond acceptors (Lipinski definition) is 11. The average Bonchev–Trinajstić information content (AvgIpc) is 3.62. The summed E-state index contributed by atoms with van der Waals surface area (Å²) >= 11 is 5.71. The van der Waals surface area contributed by atoms with Gasteiger partial charge in [-0.2, -0.15) is 23.5 Å². The fraction of sp³-hybridized carbons (Fsp3) is 0.561. The van der Waals surface area contributed by atoms with Crippen LogP contribution >= 0.6 is 12.2 Å². The number of thiocarbonyl (C=S) groups is 1. The predicted molar refractivity (Wildman–Crippen MR) is 221 cm³/mol. The third-order valence-electron chi connectivity index (χ3n) is 12.2. The molecule has 1 aliphatic carbocycles. The van der Waals surface area contributed by atoms with Crippen molar-refractivity contribution >= 4 is 69.2 Å². The SMILES string of the molecule is C[C@@H]1C[C@H](OCCO[C@H]2CC[C@H](N3C(=S)N(c4cnc(C#N)c(C(F)(F)F)c4)C(=O)C3(C)C)CC2)C[C@H](C)N1CC(=O)Nc1cccc2c(N3CCC(=O)NC3=O)nn(C)c12. The van der Waals surface area contributed by atoms with Crippen molar-refractivity contribution in [3.05, 3.63) is 41.7 Å². The lowest BCUT2D eigenvalue weighted by Gasteiger charge is -2.42. The second-order valence-corrected chi connectivity index (χ2v) is 17.0. The number of likely N-dealkylation sites (tertiary alicyclic amines) is 1. The third-order valence-corrected chi connectivity index (χ3v) is 12.5. The molecule has 0 bridgehead atoms. The molecule has 4 fully saturated rings. The third kappa shape index (κ3) is 8.78. The minimum absolute atomic E-state index is 0.00931. The number of aromatic nitrogens is 3. The molecule has 2 aromatic heterocycles. The first-order chi connectivity index (χ1) is 28.9. The molecule has 3 aromatic rings. The molecule has 16 nitrogen and oxygen atoms in total. The van der Waals surface area contributed by atoms with Crippen LogP contribution in [0, 0.1) is 11.3 Å². The number of carbonyl (C=O) groups is 4. The zero-order valence-corrected chi connectivity index (χ0v) is 35.4. The lowest BCUT2D eigenvalue weighted by molar-refractivity contribution is -0.138. The van der Waals surface area contributed by atoms with E-state index in [4.69, 9.17) is 27.0 Å². The highest BCUT2D eigenvalue weighted by Gasteiger charge is 2.53. The van der Waals surface area contributed by atoms with Crippen molar-refractivity contribution in [1.29, 1.82) is 5.26 Å². The maximum Gasteiger partial charge on any atom is 0.419 e. The van der Waals surface area contributed by atoms with Gasteiger partial charge < -0.3 is 19.7 Å². The quantitative estimate of drug-likeness (QED) is 0.190. The lowest BCUT2D eigenvalue weighted by atomic mass is 9.89. The maximum atomic E-state index is 13.7. The van der Waals surface area contributed by atoms with Gasteiger partial charge in [0.25, 0.3) is 5.91 Å². The fourth-order valence-electron chi connectivity index (χ4n) is 9.18. The van der Waals surface area contributed by atoms with Crippen LogP contribution in [0.3, 0.4) is 0 Å². The Morgan fingerprint density at radius 2 is 1.74 bits per heavy atom. The second-order valence-electron chi connectivity index (χ2n) is 16.6. The van der Waals surface area contributed by atoms with Gasteiger partial charge in [-0.1, -0.05) is 6.07 Å². The molecule has 5 heterocycles. The molecule has 20 heteroatoms. The first kappa shape index (κ1) is 43.8. The van der Waals surface area contributed by atoms with Crippen molar-refractivity contribution in [2.24, 2.45) is 7.05 Å². The topological polar surface area (TPSA) is 178 Å². The van der Waals surface area contributed by atoms with Gasteiger partial charge in [0.2, 0.25) is 11.8 Å². The van der Waals surface area contributed by atoms with Gasteiger partial charge in [-0.3, -0.25) is 39.1 Å². The summed E-state index contributed by atoms with van der Waals surface area (Å²) in [5.74, 6) is -0.566. The van der Waals surface area contributed by atoms with Crippen molar-refractivity contribution in [2.75, 3.05) is 41.4 Å². The van der Waals surface area contributed by atoms with Gasteiger partial charge in [0, 0.05) is 43.5 Å². The minimum atomic E-state index is -4.83. The number of carbonyl (C=O) groups excluding carboxylic acids is 4. The minimum Gasteiger partial charge on any atom is -0.376 e. The zero-order valence-electron chi connectivity index (χ0n) is 34.6. The van der Waals surface area contributed by atoms with E-state index in [-0.39, 0.29) is 72.5 Å². The molecular formula is C41H49F3N10O6S. The summed E-state index contributed by atoms with van der Waals surface area (Å²) < 4.78 is 55.2. The highest BCUT2D eigenvalue weighted by atomic mass is 32.1. The van der Waals surface area contributed by atoms with Gasteiger partial charge in [0.15, 0.2) is 16.6 Å². The van der Waals surface area contributed by atoms with Crippen molar-refractivity contribution in [3.8, 4) is 6.07 Å². The van der Waals surface area contributed by atoms with Crippen molar-refractivity contribution in [2.45, 2.75) is 115 Å².